The van der Waals surface area contributed by atoms with E-state index in [1.165, 1.54) is 0 Å². The fourth-order valence-electron chi connectivity index (χ4n) is 1.17. The molecule has 0 fully saturated rings. The van der Waals surface area contributed by atoms with Gasteiger partial charge in [-0.1, -0.05) is 12.1 Å². The minimum atomic E-state index is -0.0978. The highest BCUT2D eigenvalue weighted by molar-refractivity contribution is 5.96. The Morgan fingerprint density at radius 2 is 2.00 bits per heavy atom. The monoisotopic (exact) mass is 200 g/mol. The summed E-state index contributed by atoms with van der Waals surface area (Å²) in [6.07, 6.45) is 1.78. The zero-order chi connectivity index (χ0) is 11.3. The van der Waals surface area contributed by atoms with Crippen LogP contribution in [0.3, 0.4) is 0 Å². The first-order valence-electron chi connectivity index (χ1n) is 4.58. The van der Waals surface area contributed by atoms with Crippen molar-refractivity contribution in [3.8, 4) is 6.07 Å². The summed E-state index contributed by atoms with van der Waals surface area (Å²) in [5.41, 5.74) is 2.17. The van der Waals surface area contributed by atoms with Crippen LogP contribution in [0.25, 0.3) is 6.08 Å². The molecule has 0 heterocycles. The van der Waals surface area contributed by atoms with E-state index < -0.39 is 0 Å². The van der Waals surface area contributed by atoms with E-state index in [4.69, 9.17) is 5.26 Å². The lowest BCUT2D eigenvalue weighted by Gasteiger charge is -1.99. The summed E-state index contributed by atoms with van der Waals surface area (Å²) in [5, 5.41) is 11.2. The molecule has 1 aromatic carbocycles. The van der Waals surface area contributed by atoms with E-state index in [-0.39, 0.29) is 5.91 Å². The molecule has 0 aromatic heterocycles. The average Bonchev–Trinajstić information content (AvgIpc) is 2.29. The summed E-state index contributed by atoms with van der Waals surface area (Å²) in [5.74, 6) is -0.0978. The molecule has 15 heavy (non-hydrogen) atoms. The molecule has 3 nitrogen and oxygen atoms in total. The van der Waals surface area contributed by atoms with Gasteiger partial charge in [0.2, 0.25) is 5.91 Å². The van der Waals surface area contributed by atoms with Gasteiger partial charge in [-0.25, -0.2) is 0 Å². The molecule has 0 unspecified atom stereocenters. The Kier molecular flexibility index (Phi) is 3.64. The lowest BCUT2D eigenvalue weighted by Crippen LogP contribution is -2.18. The Morgan fingerprint density at radius 1 is 1.40 bits per heavy atom. The molecular weight excluding hydrogens is 188 g/mol. The van der Waals surface area contributed by atoms with Crippen LogP contribution in [0.2, 0.25) is 0 Å². The highest BCUT2D eigenvalue weighted by atomic mass is 16.1. The highest BCUT2D eigenvalue weighted by Gasteiger charge is 2.00. The minimum Gasteiger partial charge on any atom is -0.355 e. The second-order valence-electron chi connectivity index (χ2n) is 3.14. The number of likely N-dealkylation sites (N-methyl/N-ethyl adjacent to an activating group) is 1. The van der Waals surface area contributed by atoms with Crippen LogP contribution in [0.5, 0.6) is 0 Å². The Hall–Kier alpha value is -2.08. The summed E-state index contributed by atoms with van der Waals surface area (Å²) in [7, 11) is 1.60. The number of amides is 1. The number of nitrogens with one attached hydrogen (secondary N) is 1. The summed E-state index contributed by atoms with van der Waals surface area (Å²) in [6, 6.07) is 9.11. The Bertz CT molecular complexity index is 424. The molecule has 0 spiro atoms. The van der Waals surface area contributed by atoms with E-state index >= 15 is 0 Å². The molecule has 3 heteroatoms. The second-order valence-corrected chi connectivity index (χ2v) is 3.14. The number of carbonyl (C=O) groups excluding carboxylic acids is 1. The fourth-order valence-corrected chi connectivity index (χ4v) is 1.17. The van der Waals surface area contributed by atoms with Crippen molar-refractivity contribution in [2.45, 2.75) is 6.92 Å². The van der Waals surface area contributed by atoms with Crippen LogP contribution in [0.1, 0.15) is 18.1 Å². The van der Waals surface area contributed by atoms with Crippen molar-refractivity contribution < 1.29 is 4.79 Å². The number of hydrogen-bond donors (Lipinski definition) is 1. The SMILES string of the molecule is CNC(=O)/C(C)=C\c1ccc(C#N)cc1. The molecule has 0 radical (unpaired) electrons. The number of hydrogen-bond acceptors (Lipinski definition) is 2. The van der Waals surface area contributed by atoms with E-state index in [0.717, 1.165) is 5.56 Å². The molecule has 1 N–H and O–H groups in total. The van der Waals surface area contributed by atoms with Crippen molar-refractivity contribution in [3.63, 3.8) is 0 Å². The third kappa shape index (κ3) is 2.96. The first-order valence-corrected chi connectivity index (χ1v) is 4.58. The van der Waals surface area contributed by atoms with Gasteiger partial charge in [0.1, 0.15) is 0 Å². The van der Waals surface area contributed by atoms with Gasteiger partial charge >= 0.3 is 0 Å². The van der Waals surface area contributed by atoms with E-state index in [2.05, 4.69) is 5.32 Å². The molecule has 0 aliphatic carbocycles. The van der Waals surface area contributed by atoms with Crippen molar-refractivity contribution in [1.29, 1.82) is 5.26 Å². The number of benzene rings is 1. The minimum absolute atomic E-state index is 0.0978. The van der Waals surface area contributed by atoms with Crippen LogP contribution >= 0.6 is 0 Å². The molecule has 0 aliphatic heterocycles. The Labute approximate surface area is 89.0 Å². The van der Waals surface area contributed by atoms with Crippen LogP contribution in [0.15, 0.2) is 29.8 Å². The van der Waals surface area contributed by atoms with Crippen molar-refractivity contribution in [3.05, 3.63) is 41.0 Å². The van der Waals surface area contributed by atoms with Gasteiger partial charge in [0.05, 0.1) is 11.6 Å². The van der Waals surface area contributed by atoms with E-state index in [0.29, 0.717) is 11.1 Å². The number of carbonyl (C=O) groups is 1. The van der Waals surface area contributed by atoms with Gasteiger partial charge in [0.15, 0.2) is 0 Å². The molecular formula is C12H12N2O. The normalized spacial score (nSPS) is 10.6. The standard InChI is InChI=1S/C12H12N2O/c1-9(12(15)14-2)7-10-3-5-11(8-13)6-4-10/h3-7H,1-2H3,(H,14,15)/b9-7-. The molecule has 1 amide bonds. The zero-order valence-electron chi connectivity index (χ0n) is 8.74. The fraction of sp³-hybridized carbons (Fsp3) is 0.167. The molecule has 0 bridgehead atoms. The van der Waals surface area contributed by atoms with Gasteiger partial charge < -0.3 is 5.32 Å². The first-order chi connectivity index (χ1) is 7.17. The van der Waals surface area contributed by atoms with Crippen molar-refractivity contribution in [1.82, 2.24) is 5.32 Å². The van der Waals surface area contributed by atoms with Gasteiger partial charge in [-0.05, 0) is 30.7 Å². The Balaban J connectivity index is 2.90. The highest BCUT2D eigenvalue weighted by Crippen LogP contribution is 2.08. The molecule has 0 saturated heterocycles. The number of nitrogens with zero attached hydrogens (tertiary/aromatic N) is 1. The number of rotatable bonds is 2. The largest absolute Gasteiger partial charge is 0.355 e. The second kappa shape index (κ2) is 4.97. The molecule has 1 rings (SSSR count). The molecule has 0 atom stereocenters. The van der Waals surface area contributed by atoms with Gasteiger partial charge in [-0.15, -0.1) is 0 Å². The predicted molar refractivity (Wildman–Crippen MR) is 58.9 cm³/mol. The smallest absolute Gasteiger partial charge is 0.246 e. The summed E-state index contributed by atoms with van der Waals surface area (Å²) in [6.45, 7) is 1.75. The van der Waals surface area contributed by atoms with Crippen LogP contribution in [-0.4, -0.2) is 13.0 Å². The van der Waals surface area contributed by atoms with Gasteiger partial charge in [-0.2, -0.15) is 5.26 Å². The van der Waals surface area contributed by atoms with Crippen LogP contribution in [0, 0.1) is 11.3 Å². The predicted octanol–water partition coefficient (Wildman–Crippen LogP) is 1.71. The third-order valence-electron chi connectivity index (χ3n) is 2.01. The van der Waals surface area contributed by atoms with Crippen LogP contribution in [0.4, 0.5) is 0 Å². The lowest BCUT2D eigenvalue weighted by atomic mass is 10.1. The molecule has 1 aromatic rings. The maximum absolute atomic E-state index is 11.2. The lowest BCUT2D eigenvalue weighted by molar-refractivity contribution is -0.116. The van der Waals surface area contributed by atoms with Gasteiger partial charge in [0.25, 0.3) is 0 Å². The van der Waals surface area contributed by atoms with Gasteiger partial charge in [-0.3, -0.25) is 4.79 Å². The number of nitriles is 1. The topological polar surface area (TPSA) is 52.9 Å². The van der Waals surface area contributed by atoms with Crippen LogP contribution in [-0.2, 0) is 4.79 Å². The van der Waals surface area contributed by atoms with Crippen LogP contribution < -0.4 is 5.32 Å². The summed E-state index contributed by atoms with van der Waals surface area (Å²) < 4.78 is 0. The zero-order valence-corrected chi connectivity index (χ0v) is 8.74. The summed E-state index contributed by atoms with van der Waals surface area (Å²) in [4.78, 5) is 11.2. The Morgan fingerprint density at radius 3 is 2.47 bits per heavy atom. The van der Waals surface area contributed by atoms with Crippen molar-refractivity contribution in [2.24, 2.45) is 0 Å². The van der Waals surface area contributed by atoms with Crippen molar-refractivity contribution in [2.75, 3.05) is 7.05 Å². The molecule has 76 valence electrons. The summed E-state index contributed by atoms with van der Waals surface area (Å²) >= 11 is 0. The van der Waals surface area contributed by atoms with Crippen molar-refractivity contribution >= 4 is 12.0 Å². The first kappa shape index (κ1) is 11.0. The molecule has 0 aliphatic rings. The van der Waals surface area contributed by atoms with E-state index in [1.54, 1.807) is 32.2 Å². The quantitative estimate of drug-likeness (QED) is 0.739. The van der Waals surface area contributed by atoms with E-state index in [9.17, 15) is 4.79 Å². The maximum Gasteiger partial charge on any atom is 0.246 e. The average molecular weight is 200 g/mol. The van der Waals surface area contributed by atoms with E-state index in [1.807, 2.05) is 18.2 Å². The maximum atomic E-state index is 11.2. The third-order valence-corrected chi connectivity index (χ3v) is 2.01. The molecule has 0 saturated carbocycles. The van der Waals surface area contributed by atoms with Gasteiger partial charge in [0, 0.05) is 12.6 Å².